The Kier molecular flexibility index (Phi) is 4.42. The minimum absolute atomic E-state index is 0.00863. The summed E-state index contributed by atoms with van der Waals surface area (Å²) < 4.78 is 0. The summed E-state index contributed by atoms with van der Waals surface area (Å²) in [7, 11) is 0. The zero-order chi connectivity index (χ0) is 15.5. The molecule has 0 aromatic heterocycles. The van der Waals surface area contributed by atoms with Crippen molar-refractivity contribution in [1.29, 1.82) is 0 Å². The highest BCUT2D eigenvalue weighted by molar-refractivity contribution is 8.05. The van der Waals surface area contributed by atoms with Crippen molar-refractivity contribution in [1.82, 2.24) is 10.2 Å². The van der Waals surface area contributed by atoms with Gasteiger partial charge in [0.15, 0.2) is 5.78 Å². The van der Waals surface area contributed by atoms with E-state index < -0.39 is 0 Å². The molecule has 0 aromatic carbocycles. The van der Waals surface area contributed by atoms with Crippen molar-refractivity contribution in [3.05, 3.63) is 23.1 Å². The molecule has 6 nitrogen and oxygen atoms in total. The number of aliphatic imine (C=N–C) groups is 1. The van der Waals surface area contributed by atoms with Crippen LogP contribution in [0.1, 0.15) is 19.3 Å². The number of hydrogen-bond acceptors (Lipinski definition) is 5. The van der Waals surface area contributed by atoms with Crippen molar-refractivity contribution in [3.8, 4) is 0 Å². The summed E-state index contributed by atoms with van der Waals surface area (Å²) in [5.41, 5.74) is 0.851. The van der Waals surface area contributed by atoms with E-state index in [9.17, 15) is 14.4 Å². The molecule has 0 saturated carbocycles. The lowest BCUT2D eigenvalue weighted by molar-refractivity contribution is -0.133. The van der Waals surface area contributed by atoms with Gasteiger partial charge in [-0.05, 0) is 25.0 Å². The minimum atomic E-state index is -0.127. The molecule has 1 atom stereocenters. The topological polar surface area (TPSA) is 78.8 Å². The van der Waals surface area contributed by atoms with Crippen molar-refractivity contribution in [2.45, 2.75) is 24.6 Å². The zero-order valence-corrected chi connectivity index (χ0v) is 12.9. The highest BCUT2D eigenvalue weighted by atomic mass is 32.2. The van der Waals surface area contributed by atoms with Crippen LogP contribution in [0.4, 0.5) is 0 Å². The molecule has 1 aliphatic carbocycles. The van der Waals surface area contributed by atoms with Crippen LogP contribution in [0.25, 0.3) is 0 Å². The molecule has 0 spiro atoms. The van der Waals surface area contributed by atoms with Gasteiger partial charge in [0.2, 0.25) is 11.8 Å². The van der Waals surface area contributed by atoms with E-state index in [1.807, 2.05) is 0 Å². The SMILES string of the molecule is O=C1C=CC2=NC(CCNC(=O)CN3CCCC3=O)SC2=C1. The number of ketones is 1. The molecule has 1 fully saturated rings. The summed E-state index contributed by atoms with van der Waals surface area (Å²) in [4.78, 5) is 41.5. The van der Waals surface area contributed by atoms with Crippen LogP contribution in [-0.4, -0.2) is 53.2 Å². The molecule has 2 aliphatic heterocycles. The second kappa shape index (κ2) is 6.48. The van der Waals surface area contributed by atoms with Crippen LogP contribution in [-0.2, 0) is 14.4 Å². The summed E-state index contributed by atoms with van der Waals surface area (Å²) in [6, 6.07) is 0. The van der Waals surface area contributed by atoms with Gasteiger partial charge in [0.25, 0.3) is 0 Å². The van der Waals surface area contributed by atoms with Gasteiger partial charge in [-0.25, -0.2) is 0 Å². The van der Waals surface area contributed by atoms with Crippen LogP contribution in [0, 0.1) is 0 Å². The maximum atomic E-state index is 11.8. The molecule has 2 heterocycles. The van der Waals surface area contributed by atoms with Gasteiger partial charge in [-0.15, -0.1) is 0 Å². The second-order valence-corrected chi connectivity index (χ2v) is 6.61. The normalized spacial score (nSPS) is 23.5. The summed E-state index contributed by atoms with van der Waals surface area (Å²) in [6.07, 6.45) is 6.94. The molecule has 0 bridgehead atoms. The first-order chi connectivity index (χ1) is 10.6. The Morgan fingerprint density at radius 2 is 2.27 bits per heavy atom. The van der Waals surface area contributed by atoms with Gasteiger partial charge < -0.3 is 10.2 Å². The highest BCUT2D eigenvalue weighted by Crippen LogP contribution is 2.34. The predicted octanol–water partition coefficient (Wildman–Crippen LogP) is 0.652. The Labute approximate surface area is 132 Å². The quantitative estimate of drug-likeness (QED) is 0.755. The van der Waals surface area contributed by atoms with Crippen LogP contribution in [0.5, 0.6) is 0 Å². The number of nitrogens with zero attached hydrogens (tertiary/aromatic N) is 2. The number of rotatable bonds is 5. The van der Waals surface area contributed by atoms with Gasteiger partial charge in [0.1, 0.15) is 5.37 Å². The predicted molar refractivity (Wildman–Crippen MR) is 84.5 cm³/mol. The molecule has 22 heavy (non-hydrogen) atoms. The number of hydrogen-bond donors (Lipinski definition) is 1. The molecule has 1 saturated heterocycles. The second-order valence-electron chi connectivity index (χ2n) is 5.39. The third-order valence-electron chi connectivity index (χ3n) is 3.70. The van der Waals surface area contributed by atoms with E-state index in [0.717, 1.165) is 17.0 Å². The van der Waals surface area contributed by atoms with Gasteiger partial charge in [-0.2, -0.15) is 0 Å². The molecule has 3 rings (SSSR count). The molecule has 1 unspecified atom stereocenters. The van der Waals surface area contributed by atoms with Crippen LogP contribution in [0.2, 0.25) is 0 Å². The first-order valence-electron chi connectivity index (χ1n) is 7.35. The lowest BCUT2D eigenvalue weighted by atomic mass is 10.1. The monoisotopic (exact) mass is 319 g/mol. The number of nitrogens with one attached hydrogen (secondary N) is 1. The zero-order valence-electron chi connectivity index (χ0n) is 12.1. The van der Waals surface area contributed by atoms with Crippen molar-refractivity contribution in [2.24, 2.45) is 4.99 Å². The number of thioether (sulfide) groups is 1. The molecule has 3 aliphatic rings. The van der Waals surface area contributed by atoms with Crippen molar-refractivity contribution < 1.29 is 14.4 Å². The lowest BCUT2D eigenvalue weighted by Gasteiger charge is -2.15. The Balaban J connectivity index is 1.41. The van der Waals surface area contributed by atoms with E-state index in [4.69, 9.17) is 0 Å². The highest BCUT2D eigenvalue weighted by Gasteiger charge is 2.25. The number of amides is 2. The van der Waals surface area contributed by atoms with Crippen LogP contribution in [0.3, 0.4) is 0 Å². The summed E-state index contributed by atoms with van der Waals surface area (Å²) in [6.45, 7) is 1.33. The minimum Gasteiger partial charge on any atom is -0.354 e. The van der Waals surface area contributed by atoms with Crippen LogP contribution < -0.4 is 5.32 Å². The molecule has 1 N–H and O–H groups in total. The molecular formula is C15H17N3O3S. The van der Waals surface area contributed by atoms with Crippen molar-refractivity contribution in [2.75, 3.05) is 19.6 Å². The smallest absolute Gasteiger partial charge is 0.239 e. The Bertz CT molecular complexity index is 609. The molecular weight excluding hydrogens is 302 g/mol. The summed E-state index contributed by atoms with van der Waals surface area (Å²) in [5, 5.41) is 2.86. The average Bonchev–Trinajstić information content (AvgIpc) is 3.05. The third-order valence-corrected chi connectivity index (χ3v) is 4.89. The standard InChI is InChI=1S/C15H17N3O3S/c19-10-3-4-11-12(8-10)22-14(17-11)5-6-16-13(20)9-18-7-1-2-15(18)21/h3-4,8,14H,1-2,5-7,9H2,(H,16,20). The number of fused-ring (bicyclic) bond motifs is 1. The Morgan fingerprint density at radius 3 is 3.05 bits per heavy atom. The largest absolute Gasteiger partial charge is 0.354 e. The fourth-order valence-corrected chi connectivity index (χ4v) is 3.70. The first kappa shape index (κ1) is 15.0. The fourth-order valence-electron chi connectivity index (χ4n) is 2.58. The maximum absolute atomic E-state index is 11.8. The maximum Gasteiger partial charge on any atom is 0.239 e. The van der Waals surface area contributed by atoms with E-state index in [0.29, 0.717) is 25.9 Å². The van der Waals surface area contributed by atoms with Gasteiger partial charge in [0, 0.05) is 30.5 Å². The van der Waals surface area contributed by atoms with Crippen molar-refractivity contribution >= 4 is 35.1 Å². The molecule has 2 amide bonds. The van der Waals surface area contributed by atoms with Gasteiger partial charge in [0.05, 0.1) is 12.3 Å². The summed E-state index contributed by atoms with van der Waals surface area (Å²) in [5.74, 6) is -0.0800. The lowest BCUT2D eigenvalue weighted by Crippen LogP contribution is -2.38. The van der Waals surface area contributed by atoms with Crippen molar-refractivity contribution in [3.63, 3.8) is 0 Å². The van der Waals surface area contributed by atoms with E-state index in [1.54, 1.807) is 28.8 Å². The molecule has 0 radical (unpaired) electrons. The van der Waals surface area contributed by atoms with Gasteiger partial charge in [-0.3, -0.25) is 19.4 Å². The fraction of sp³-hybridized carbons (Fsp3) is 0.467. The number of carbonyl (C=O) groups excluding carboxylic acids is 3. The van der Waals surface area contributed by atoms with E-state index in [-0.39, 0.29) is 29.5 Å². The van der Waals surface area contributed by atoms with Crippen LogP contribution >= 0.6 is 11.8 Å². The first-order valence-corrected chi connectivity index (χ1v) is 8.23. The van der Waals surface area contributed by atoms with E-state index in [2.05, 4.69) is 10.3 Å². The molecule has 7 heteroatoms. The Morgan fingerprint density at radius 1 is 1.41 bits per heavy atom. The Hall–Kier alpha value is -1.89. The third kappa shape index (κ3) is 3.47. The number of likely N-dealkylation sites (tertiary alicyclic amines) is 1. The average molecular weight is 319 g/mol. The van der Waals surface area contributed by atoms with Gasteiger partial charge >= 0.3 is 0 Å². The van der Waals surface area contributed by atoms with Gasteiger partial charge in [-0.1, -0.05) is 11.8 Å². The molecule has 0 aromatic rings. The van der Waals surface area contributed by atoms with Crippen LogP contribution in [0.15, 0.2) is 28.1 Å². The van der Waals surface area contributed by atoms with E-state index >= 15 is 0 Å². The summed E-state index contributed by atoms with van der Waals surface area (Å²) >= 11 is 1.55. The molecule has 116 valence electrons. The van der Waals surface area contributed by atoms with E-state index in [1.165, 1.54) is 6.08 Å². The number of allylic oxidation sites excluding steroid dienone is 4. The number of carbonyl (C=O) groups is 3.